The second-order valence-corrected chi connectivity index (χ2v) is 5.00. The van der Waals surface area contributed by atoms with E-state index in [0.717, 1.165) is 22.1 Å². The molecular formula is C17H15O3+. The third-order valence-electron chi connectivity index (χ3n) is 3.35. The molecule has 0 aliphatic rings. The van der Waals surface area contributed by atoms with Gasteiger partial charge in [-0.25, -0.2) is 4.42 Å². The topological polar surface area (TPSA) is 51.8 Å². The molecule has 1 heterocycles. The monoisotopic (exact) mass is 267 g/mol. The van der Waals surface area contributed by atoms with Crippen molar-refractivity contribution in [3.05, 3.63) is 53.6 Å². The summed E-state index contributed by atoms with van der Waals surface area (Å²) in [6.45, 7) is 4.01. The Morgan fingerprint density at radius 1 is 0.850 bits per heavy atom. The van der Waals surface area contributed by atoms with Gasteiger partial charge in [0.2, 0.25) is 0 Å². The van der Waals surface area contributed by atoms with Crippen LogP contribution in [0, 0.1) is 13.8 Å². The van der Waals surface area contributed by atoms with E-state index in [-0.39, 0.29) is 11.5 Å². The van der Waals surface area contributed by atoms with Gasteiger partial charge in [-0.3, -0.25) is 0 Å². The van der Waals surface area contributed by atoms with Crippen LogP contribution in [0.15, 0.2) is 46.9 Å². The number of phenolic OH excluding ortho intramolecular Hbond substituents is 2. The summed E-state index contributed by atoms with van der Waals surface area (Å²) in [6, 6.07) is 12.8. The van der Waals surface area contributed by atoms with Crippen molar-refractivity contribution in [2.75, 3.05) is 0 Å². The quantitative estimate of drug-likeness (QED) is 0.507. The molecule has 2 N–H and O–H groups in total. The molecule has 0 aliphatic carbocycles. The highest BCUT2D eigenvalue weighted by Crippen LogP contribution is 2.34. The lowest BCUT2D eigenvalue weighted by molar-refractivity contribution is 0.404. The van der Waals surface area contributed by atoms with Gasteiger partial charge < -0.3 is 10.2 Å². The van der Waals surface area contributed by atoms with E-state index in [9.17, 15) is 10.2 Å². The molecule has 0 radical (unpaired) electrons. The average molecular weight is 267 g/mol. The van der Waals surface area contributed by atoms with Crippen LogP contribution in [-0.4, -0.2) is 10.2 Å². The molecule has 0 spiro atoms. The second kappa shape index (κ2) is 4.53. The molecule has 20 heavy (non-hydrogen) atoms. The predicted octanol–water partition coefficient (Wildman–Crippen LogP) is 4.41. The highest BCUT2D eigenvalue weighted by Gasteiger charge is 2.20. The maximum Gasteiger partial charge on any atom is 0.363 e. The van der Waals surface area contributed by atoms with Gasteiger partial charge in [-0.15, -0.1) is 0 Å². The molecule has 3 rings (SSSR count). The molecule has 3 heteroatoms. The fourth-order valence-electron chi connectivity index (χ4n) is 2.31. The number of aryl methyl sites for hydroxylation is 2. The molecule has 0 fully saturated rings. The molecule has 0 bridgehead atoms. The lowest BCUT2D eigenvalue weighted by atomic mass is 10.0. The molecule has 0 aliphatic heterocycles. The first-order valence-electron chi connectivity index (χ1n) is 6.41. The fraction of sp³-hybridized carbons (Fsp3) is 0.118. The van der Waals surface area contributed by atoms with Crippen LogP contribution in [0.4, 0.5) is 0 Å². The van der Waals surface area contributed by atoms with Gasteiger partial charge in [0.15, 0.2) is 11.5 Å². The van der Waals surface area contributed by atoms with Gasteiger partial charge in [-0.05, 0) is 49.7 Å². The number of benzene rings is 2. The van der Waals surface area contributed by atoms with Crippen LogP contribution in [0.3, 0.4) is 0 Å². The number of hydrogen-bond acceptors (Lipinski definition) is 2. The molecular weight excluding hydrogens is 252 g/mol. The van der Waals surface area contributed by atoms with Crippen molar-refractivity contribution in [1.29, 1.82) is 0 Å². The van der Waals surface area contributed by atoms with Crippen LogP contribution in [0.5, 0.6) is 11.5 Å². The van der Waals surface area contributed by atoms with Crippen molar-refractivity contribution in [1.82, 2.24) is 0 Å². The Morgan fingerprint density at radius 2 is 1.65 bits per heavy atom. The molecule has 0 saturated carbocycles. The Morgan fingerprint density at radius 3 is 2.40 bits per heavy atom. The van der Waals surface area contributed by atoms with Crippen molar-refractivity contribution in [3.63, 3.8) is 0 Å². The SMILES string of the molecule is Cc1ccc2[o+]c(-c3ccc(O)c(O)c3)c(C)cc2c1. The van der Waals surface area contributed by atoms with Gasteiger partial charge in [-0.1, -0.05) is 0 Å². The van der Waals surface area contributed by atoms with E-state index in [1.165, 1.54) is 17.7 Å². The van der Waals surface area contributed by atoms with Crippen molar-refractivity contribution in [2.24, 2.45) is 0 Å². The van der Waals surface area contributed by atoms with E-state index in [1.54, 1.807) is 6.07 Å². The maximum atomic E-state index is 9.61. The summed E-state index contributed by atoms with van der Waals surface area (Å²) in [4.78, 5) is 0. The Balaban J connectivity index is 2.22. The first-order valence-corrected chi connectivity index (χ1v) is 6.41. The largest absolute Gasteiger partial charge is 0.504 e. The Kier molecular flexibility index (Phi) is 2.83. The van der Waals surface area contributed by atoms with Crippen LogP contribution >= 0.6 is 0 Å². The molecule has 0 unspecified atom stereocenters. The van der Waals surface area contributed by atoms with Gasteiger partial charge in [0, 0.05) is 12.1 Å². The van der Waals surface area contributed by atoms with E-state index in [4.69, 9.17) is 4.42 Å². The summed E-state index contributed by atoms with van der Waals surface area (Å²) in [7, 11) is 0. The summed E-state index contributed by atoms with van der Waals surface area (Å²) in [5, 5.41) is 20.0. The standard InChI is InChI=1S/C17H14O3/c1-10-3-6-16-13(7-10)8-11(2)17(20-16)12-4-5-14(18)15(19)9-12/h3-9H,1-2H3,(H-,18,19)/p+1. The lowest BCUT2D eigenvalue weighted by Crippen LogP contribution is -1.85. The van der Waals surface area contributed by atoms with Crippen molar-refractivity contribution in [2.45, 2.75) is 13.8 Å². The van der Waals surface area contributed by atoms with Crippen LogP contribution in [-0.2, 0) is 0 Å². The Labute approximate surface area is 116 Å². The zero-order chi connectivity index (χ0) is 14.3. The first kappa shape index (κ1) is 12.5. The van der Waals surface area contributed by atoms with E-state index in [1.807, 2.05) is 26.0 Å². The summed E-state index contributed by atoms with van der Waals surface area (Å²) < 4.78 is 5.94. The minimum absolute atomic E-state index is 0.136. The minimum atomic E-state index is -0.152. The molecule has 3 nitrogen and oxygen atoms in total. The van der Waals surface area contributed by atoms with Crippen molar-refractivity contribution >= 4 is 11.0 Å². The van der Waals surface area contributed by atoms with Gasteiger partial charge in [-0.2, -0.15) is 0 Å². The molecule has 0 atom stereocenters. The van der Waals surface area contributed by atoms with Crippen LogP contribution in [0.25, 0.3) is 22.3 Å². The number of fused-ring (bicyclic) bond motifs is 1. The number of aromatic hydroxyl groups is 2. The van der Waals surface area contributed by atoms with E-state index >= 15 is 0 Å². The summed E-state index contributed by atoms with van der Waals surface area (Å²) in [6.07, 6.45) is 0. The Bertz CT molecular complexity index is 807. The van der Waals surface area contributed by atoms with Crippen molar-refractivity contribution in [3.8, 4) is 22.8 Å². The van der Waals surface area contributed by atoms with E-state index in [0.29, 0.717) is 5.76 Å². The van der Waals surface area contributed by atoms with Crippen LogP contribution in [0.1, 0.15) is 11.1 Å². The smallest absolute Gasteiger partial charge is 0.363 e. The molecule has 2 aromatic carbocycles. The second-order valence-electron chi connectivity index (χ2n) is 5.00. The summed E-state index contributed by atoms with van der Waals surface area (Å²) >= 11 is 0. The van der Waals surface area contributed by atoms with Gasteiger partial charge in [0.1, 0.15) is 0 Å². The molecule has 0 saturated heterocycles. The number of phenols is 2. The lowest BCUT2D eigenvalue weighted by Gasteiger charge is -2.00. The molecule has 0 amide bonds. The maximum absolute atomic E-state index is 9.61. The van der Waals surface area contributed by atoms with Gasteiger partial charge >= 0.3 is 11.3 Å². The zero-order valence-corrected chi connectivity index (χ0v) is 11.3. The summed E-state index contributed by atoms with van der Waals surface area (Å²) in [5.41, 5.74) is 3.69. The summed E-state index contributed by atoms with van der Waals surface area (Å²) in [5.74, 6) is 0.403. The fourth-order valence-corrected chi connectivity index (χ4v) is 2.31. The highest BCUT2D eigenvalue weighted by molar-refractivity contribution is 5.81. The normalized spacial score (nSPS) is 10.9. The number of rotatable bonds is 1. The average Bonchev–Trinajstić information content (AvgIpc) is 2.41. The molecule has 1 aromatic heterocycles. The highest BCUT2D eigenvalue weighted by atomic mass is 16.3. The number of hydrogen-bond donors (Lipinski definition) is 2. The third kappa shape index (κ3) is 2.07. The first-order chi connectivity index (χ1) is 9.54. The molecule has 100 valence electrons. The minimum Gasteiger partial charge on any atom is -0.504 e. The van der Waals surface area contributed by atoms with Crippen LogP contribution < -0.4 is 0 Å². The van der Waals surface area contributed by atoms with Gasteiger partial charge in [0.05, 0.1) is 16.5 Å². The predicted molar refractivity (Wildman–Crippen MR) is 78.9 cm³/mol. The molecule has 3 aromatic rings. The Hall–Kier alpha value is -2.55. The van der Waals surface area contributed by atoms with E-state index < -0.39 is 0 Å². The van der Waals surface area contributed by atoms with Crippen LogP contribution in [0.2, 0.25) is 0 Å². The van der Waals surface area contributed by atoms with E-state index in [2.05, 4.69) is 12.1 Å². The van der Waals surface area contributed by atoms with Crippen molar-refractivity contribution < 1.29 is 14.6 Å². The third-order valence-corrected chi connectivity index (χ3v) is 3.35. The van der Waals surface area contributed by atoms with Gasteiger partial charge in [0.25, 0.3) is 0 Å². The zero-order valence-electron chi connectivity index (χ0n) is 11.3.